The van der Waals surface area contributed by atoms with E-state index in [0.29, 0.717) is 12.5 Å². The maximum Gasteiger partial charge on any atom is 0.286 e. The summed E-state index contributed by atoms with van der Waals surface area (Å²) in [5, 5.41) is 13.8. The molecule has 4 aliphatic rings. The standard InChI is InChI=1S/C20H24N4O6S2/c1-31(27,28)22-12-7-8-14-16(9-12)32(29,30)23-19(21-14)17-18(25)13-3-2-4-15(13)24(20(17)26)10-11-5-6-11/h7-9,11,13,15,22,25H,2-6,10H2,1H3,(H,21,23)/t13-,15+/m1/s1. The number of amides is 1. The number of aliphatic hydroxyl groups is 1. The Labute approximate surface area is 186 Å². The van der Waals surface area contributed by atoms with E-state index in [4.69, 9.17) is 0 Å². The average Bonchev–Trinajstić information content (AvgIpc) is 3.37. The number of amidine groups is 1. The topological polar surface area (TPSA) is 145 Å². The Kier molecular flexibility index (Phi) is 4.79. The molecule has 10 nitrogen and oxygen atoms in total. The summed E-state index contributed by atoms with van der Waals surface area (Å²) in [4.78, 5) is 15.0. The third-order valence-electron chi connectivity index (χ3n) is 6.38. The van der Waals surface area contributed by atoms with Gasteiger partial charge < -0.3 is 15.3 Å². The summed E-state index contributed by atoms with van der Waals surface area (Å²) >= 11 is 0. The number of hydrogen-bond donors (Lipinski definition) is 3. The van der Waals surface area contributed by atoms with Gasteiger partial charge in [0.05, 0.1) is 11.9 Å². The number of aliphatic hydroxyl groups excluding tert-OH is 1. The van der Waals surface area contributed by atoms with E-state index in [1.54, 1.807) is 4.90 Å². The second-order valence-corrected chi connectivity index (χ2v) is 12.2. The van der Waals surface area contributed by atoms with E-state index < -0.39 is 26.0 Å². The van der Waals surface area contributed by atoms with Gasteiger partial charge in [-0.2, -0.15) is 8.42 Å². The van der Waals surface area contributed by atoms with Crippen LogP contribution in [0.3, 0.4) is 0 Å². The number of anilines is 2. The molecule has 3 N–H and O–H groups in total. The maximum atomic E-state index is 13.4. The molecule has 2 atom stereocenters. The van der Waals surface area contributed by atoms with Gasteiger partial charge in [-0.05, 0) is 49.8 Å². The molecule has 5 rings (SSSR count). The molecule has 1 aromatic rings. The van der Waals surface area contributed by atoms with Crippen molar-refractivity contribution in [2.75, 3.05) is 22.8 Å². The van der Waals surface area contributed by atoms with Crippen molar-refractivity contribution in [1.82, 2.24) is 4.90 Å². The molecule has 1 amide bonds. The molecule has 2 aliphatic carbocycles. The van der Waals surface area contributed by atoms with Gasteiger partial charge in [-0.25, -0.2) is 8.42 Å². The summed E-state index contributed by atoms with van der Waals surface area (Å²) in [6, 6.07) is 3.92. The van der Waals surface area contributed by atoms with Gasteiger partial charge in [-0.15, -0.1) is 4.40 Å². The Morgan fingerprint density at radius 1 is 1.25 bits per heavy atom. The fourth-order valence-electron chi connectivity index (χ4n) is 4.79. The summed E-state index contributed by atoms with van der Waals surface area (Å²) in [5.41, 5.74) is 0.140. The first-order chi connectivity index (χ1) is 15.0. The van der Waals surface area contributed by atoms with Crippen LogP contribution in [0.25, 0.3) is 0 Å². The molecule has 32 heavy (non-hydrogen) atoms. The molecule has 2 saturated carbocycles. The van der Waals surface area contributed by atoms with Crippen molar-refractivity contribution in [2.45, 2.75) is 43.0 Å². The molecule has 1 aromatic carbocycles. The molecule has 0 unspecified atom stereocenters. The highest BCUT2D eigenvalue weighted by Crippen LogP contribution is 2.43. The summed E-state index contributed by atoms with van der Waals surface area (Å²) in [6.07, 6.45) is 5.53. The van der Waals surface area contributed by atoms with Crippen LogP contribution in [-0.4, -0.2) is 57.4 Å². The van der Waals surface area contributed by atoms with Crippen molar-refractivity contribution in [1.29, 1.82) is 0 Å². The number of rotatable bonds is 5. The van der Waals surface area contributed by atoms with Gasteiger partial charge >= 0.3 is 0 Å². The number of sulfonamides is 2. The Balaban J connectivity index is 1.54. The highest BCUT2D eigenvalue weighted by atomic mass is 32.2. The smallest absolute Gasteiger partial charge is 0.286 e. The molecular formula is C20H24N4O6S2. The molecule has 12 heteroatoms. The minimum absolute atomic E-state index is 0.0652. The lowest BCUT2D eigenvalue weighted by Gasteiger charge is -2.39. The normalized spacial score (nSPS) is 26.8. The number of benzene rings is 1. The largest absolute Gasteiger partial charge is 0.511 e. The Hall–Kier alpha value is -2.60. The number of fused-ring (bicyclic) bond motifs is 2. The summed E-state index contributed by atoms with van der Waals surface area (Å²) in [6.45, 7) is 0.605. The van der Waals surface area contributed by atoms with Crippen LogP contribution in [0.4, 0.5) is 11.4 Å². The Bertz CT molecular complexity index is 1280. The van der Waals surface area contributed by atoms with Crippen molar-refractivity contribution in [3.05, 3.63) is 29.5 Å². The van der Waals surface area contributed by atoms with Crippen LogP contribution in [0.15, 0.2) is 38.8 Å². The van der Waals surface area contributed by atoms with Crippen molar-refractivity contribution in [3.63, 3.8) is 0 Å². The van der Waals surface area contributed by atoms with E-state index in [-0.39, 0.29) is 45.4 Å². The van der Waals surface area contributed by atoms with Gasteiger partial charge in [0.1, 0.15) is 16.2 Å². The first-order valence-corrected chi connectivity index (χ1v) is 13.8. The molecule has 0 aromatic heterocycles. The highest BCUT2D eigenvalue weighted by Gasteiger charge is 2.47. The van der Waals surface area contributed by atoms with Crippen molar-refractivity contribution < 1.29 is 26.7 Å². The first kappa shape index (κ1) is 21.3. The molecule has 172 valence electrons. The lowest BCUT2D eigenvalue weighted by atomic mass is 9.90. The third-order valence-corrected chi connectivity index (χ3v) is 8.30. The number of carbonyl (C=O) groups excluding carboxylic acids is 1. The van der Waals surface area contributed by atoms with Crippen LogP contribution in [0, 0.1) is 11.8 Å². The van der Waals surface area contributed by atoms with E-state index in [2.05, 4.69) is 14.4 Å². The summed E-state index contributed by atoms with van der Waals surface area (Å²) < 4.78 is 54.8. The molecule has 2 heterocycles. The van der Waals surface area contributed by atoms with Crippen LogP contribution < -0.4 is 10.0 Å². The van der Waals surface area contributed by atoms with Crippen molar-refractivity contribution >= 4 is 43.2 Å². The van der Waals surface area contributed by atoms with Gasteiger partial charge in [-0.1, -0.05) is 6.42 Å². The summed E-state index contributed by atoms with van der Waals surface area (Å²) in [5.74, 6) is -0.484. The quantitative estimate of drug-likeness (QED) is 0.583. The van der Waals surface area contributed by atoms with Crippen molar-refractivity contribution in [3.8, 4) is 0 Å². The van der Waals surface area contributed by atoms with E-state index in [1.165, 1.54) is 18.2 Å². The van der Waals surface area contributed by atoms with Crippen LogP contribution in [0.1, 0.15) is 32.1 Å². The lowest BCUT2D eigenvalue weighted by molar-refractivity contribution is -0.131. The SMILES string of the molecule is CS(=O)(=O)Nc1ccc2c(c1)S(=O)(=O)N=C(C1=C(O)[C@@H]3CCC[C@@H]3N(CC3CC3)C1=O)N2. The predicted molar refractivity (Wildman–Crippen MR) is 118 cm³/mol. The van der Waals surface area contributed by atoms with Crippen LogP contribution in [0.2, 0.25) is 0 Å². The fourth-order valence-corrected chi connectivity index (χ4v) is 6.49. The van der Waals surface area contributed by atoms with Gasteiger partial charge in [0, 0.05) is 24.2 Å². The zero-order chi connectivity index (χ0) is 22.8. The van der Waals surface area contributed by atoms with Gasteiger partial charge in [0.15, 0.2) is 5.84 Å². The van der Waals surface area contributed by atoms with Gasteiger partial charge in [0.2, 0.25) is 10.0 Å². The van der Waals surface area contributed by atoms with E-state index in [1.807, 2.05) is 0 Å². The van der Waals surface area contributed by atoms with Gasteiger partial charge in [0.25, 0.3) is 15.9 Å². The third kappa shape index (κ3) is 3.75. The molecular weight excluding hydrogens is 456 g/mol. The number of nitrogens with zero attached hydrogens (tertiary/aromatic N) is 2. The van der Waals surface area contributed by atoms with E-state index >= 15 is 0 Å². The molecule has 0 radical (unpaired) electrons. The van der Waals surface area contributed by atoms with E-state index in [0.717, 1.165) is 38.4 Å². The minimum Gasteiger partial charge on any atom is -0.511 e. The fraction of sp³-hybridized carbons (Fsp3) is 0.500. The average molecular weight is 481 g/mol. The van der Waals surface area contributed by atoms with E-state index in [9.17, 15) is 26.7 Å². The lowest BCUT2D eigenvalue weighted by Crippen LogP contribution is -2.51. The zero-order valence-corrected chi connectivity index (χ0v) is 19.0. The van der Waals surface area contributed by atoms with Crippen molar-refractivity contribution in [2.24, 2.45) is 16.2 Å². The second-order valence-electron chi connectivity index (χ2n) is 8.89. The summed E-state index contributed by atoms with van der Waals surface area (Å²) in [7, 11) is -7.84. The Morgan fingerprint density at radius 3 is 2.69 bits per heavy atom. The Morgan fingerprint density at radius 2 is 2.00 bits per heavy atom. The maximum absolute atomic E-state index is 13.4. The molecule has 2 aliphatic heterocycles. The van der Waals surface area contributed by atoms with Crippen LogP contribution in [0.5, 0.6) is 0 Å². The molecule has 0 spiro atoms. The van der Waals surface area contributed by atoms with Crippen LogP contribution in [-0.2, 0) is 24.8 Å². The molecule has 0 saturated heterocycles. The number of hydrogen-bond acceptors (Lipinski definition) is 7. The number of nitrogens with one attached hydrogen (secondary N) is 2. The predicted octanol–water partition coefficient (Wildman–Crippen LogP) is 1.80. The highest BCUT2D eigenvalue weighted by molar-refractivity contribution is 7.92. The minimum atomic E-state index is -4.24. The molecule has 0 bridgehead atoms. The number of carbonyl (C=O) groups is 1. The first-order valence-electron chi connectivity index (χ1n) is 10.5. The monoisotopic (exact) mass is 480 g/mol. The second kappa shape index (κ2) is 7.20. The molecule has 2 fully saturated rings. The van der Waals surface area contributed by atoms with Gasteiger partial charge in [-0.3, -0.25) is 9.52 Å². The zero-order valence-electron chi connectivity index (χ0n) is 17.4. The van der Waals surface area contributed by atoms with Crippen LogP contribution >= 0.6 is 0 Å².